The average molecular weight is 308 g/mol. The summed E-state index contributed by atoms with van der Waals surface area (Å²) in [4.78, 5) is 11.8. The topological polar surface area (TPSA) is 63.2 Å². The number of esters is 1. The molecule has 6 heteroatoms. The van der Waals surface area contributed by atoms with E-state index in [9.17, 15) is 4.79 Å². The van der Waals surface area contributed by atoms with E-state index in [1.807, 2.05) is 30.3 Å². The number of fused-ring (bicyclic) bond motifs is 1. The summed E-state index contributed by atoms with van der Waals surface area (Å²) in [6.07, 6.45) is -2.49. The maximum absolute atomic E-state index is 11.8. The third-order valence-corrected chi connectivity index (χ3v) is 3.70. The predicted molar refractivity (Wildman–Crippen MR) is 75.7 cm³/mol. The number of rotatable bonds is 4. The molecule has 0 aliphatic carbocycles. The Morgan fingerprint density at radius 3 is 2.55 bits per heavy atom. The van der Waals surface area contributed by atoms with E-state index >= 15 is 0 Å². The highest BCUT2D eigenvalue weighted by Crippen LogP contribution is 2.39. The summed E-state index contributed by atoms with van der Waals surface area (Å²) in [6, 6.07) is 9.73. The molecule has 22 heavy (non-hydrogen) atoms. The van der Waals surface area contributed by atoms with Crippen LogP contribution in [-0.4, -0.2) is 43.5 Å². The van der Waals surface area contributed by atoms with Crippen molar-refractivity contribution in [3.63, 3.8) is 0 Å². The maximum Gasteiger partial charge on any atom is 0.337 e. The molecule has 0 radical (unpaired) electrons. The van der Waals surface area contributed by atoms with Gasteiger partial charge in [-0.1, -0.05) is 30.3 Å². The summed E-state index contributed by atoms with van der Waals surface area (Å²) in [7, 11) is 1.32. The lowest BCUT2D eigenvalue weighted by atomic mass is 10.1. The molecule has 120 valence electrons. The summed E-state index contributed by atoms with van der Waals surface area (Å²) in [6.45, 7) is 3.97. The Kier molecular flexibility index (Phi) is 4.18. The van der Waals surface area contributed by atoms with E-state index in [1.165, 1.54) is 7.11 Å². The molecule has 2 fully saturated rings. The zero-order valence-electron chi connectivity index (χ0n) is 12.9. The Morgan fingerprint density at radius 2 is 1.86 bits per heavy atom. The smallest absolute Gasteiger partial charge is 0.337 e. The van der Waals surface area contributed by atoms with Crippen molar-refractivity contribution in [2.45, 2.75) is 50.8 Å². The van der Waals surface area contributed by atoms with Crippen LogP contribution >= 0.6 is 0 Å². The molecule has 0 N–H and O–H groups in total. The van der Waals surface area contributed by atoms with Gasteiger partial charge in [-0.25, -0.2) is 4.79 Å². The zero-order valence-corrected chi connectivity index (χ0v) is 12.9. The number of methoxy groups -OCH3 is 1. The van der Waals surface area contributed by atoms with E-state index in [0.717, 1.165) is 5.56 Å². The van der Waals surface area contributed by atoms with Crippen LogP contribution < -0.4 is 0 Å². The zero-order chi connectivity index (χ0) is 15.7. The second-order valence-corrected chi connectivity index (χ2v) is 5.81. The number of ether oxygens (including phenoxy) is 5. The van der Waals surface area contributed by atoms with Crippen LogP contribution in [0.15, 0.2) is 30.3 Å². The number of carbonyl (C=O) groups is 1. The predicted octanol–water partition coefficient (Wildman–Crippen LogP) is 1.62. The highest BCUT2D eigenvalue weighted by molar-refractivity contribution is 5.76. The van der Waals surface area contributed by atoms with Crippen LogP contribution in [0.4, 0.5) is 0 Å². The first-order chi connectivity index (χ1) is 10.5. The summed E-state index contributed by atoms with van der Waals surface area (Å²) < 4.78 is 27.8. The average Bonchev–Trinajstić information content (AvgIpc) is 2.99. The molecule has 6 nitrogen and oxygen atoms in total. The Hall–Kier alpha value is -1.47. The van der Waals surface area contributed by atoms with Gasteiger partial charge in [0, 0.05) is 0 Å². The van der Waals surface area contributed by atoms with Crippen molar-refractivity contribution in [3.05, 3.63) is 35.9 Å². The van der Waals surface area contributed by atoms with Crippen LogP contribution in [0.1, 0.15) is 19.4 Å². The van der Waals surface area contributed by atoms with E-state index in [1.54, 1.807) is 13.8 Å². The molecule has 4 atom stereocenters. The van der Waals surface area contributed by atoms with Gasteiger partial charge in [-0.3, -0.25) is 0 Å². The SMILES string of the molecule is COC(=O)[C@H]1O[C@@H](OCc2ccccc2)[C@H]2OC(C)(C)O[C@H]21. The molecule has 0 aromatic heterocycles. The molecule has 0 spiro atoms. The number of hydrogen-bond donors (Lipinski definition) is 0. The van der Waals surface area contributed by atoms with E-state index in [0.29, 0.717) is 6.61 Å². The fourth-order valence-corrected chi connectivity index (χ4v) is 2.75. The highest BCUT2D eigenvalue weighted by Gasteiger charge is 2.58. The monoisotopic (exact) mass is 308 g/mol. The quantitative estimate of drug-likeness (QED) is 0.788. The van der Waals surface area contributed by atoms with Crippen molar-refractivity contribution in [2.24, 2.45) is 0 Å². The van der Waals surface area contributed by atoms with Crippen molar-refractivity contribution in [1.82, 2.24) is 0 Å². The Labute approximate surface area is 129 Å². The normalized spacial score (nSPS) is 32.7. The molecule has 1 aromatic rings. The van der Waals surface area contributed by atoms with Gasteiger partial charge in [0.2, 0.25) is 0 Å². The number of hydrogen-bond acceptors (Lipinski definition) is 6. The number of benzene rings is 1. The van der Waals surface area contributed by atoms with E-state index < -0.39 is 36.4 Å². The van der Waals surface area contributed by atoms with Gasteiger partial charge < -0.3 is 23.7 Å². The molecule has 3 rings (SSSR count). The first-order valence-corrected chi connectivity index (χ1v) is 7.24. The lowest BCUT2D eigenvalue weighted by Crippen LogP contribution is -2.36. The summed E-state index contributed by atoms with van der Waals surface area (Å²) in [5.41, 5.74) is 1.02. The molecule has 2 saturated heterocycles. The van der Waals surface area contributed by atoms with Crippen LogP contribution in [0.25, 0.3) is 0 Å². The molecule has 0 saturated carbocycles. The Balaban J connectivity index is 1.70. The first kappa shape index (κ1) is 15.4. The molecular formula is C16H20O6. The van der Waals surface area contributed by atoms with Gasteiger partial charge in [-0.05, 0) is 19.4 Å². The van der Waals surface area contributed by atoms with Crippen molar-refractivity contribution in [2.75, 3.05) is 7.11 Å². The van der Waals surface area contributed by atoms with Gasteiger partial charge in [0.15, 0.2) is 18.2 Å². The first-order valence-electron chi connectivity index (χ1n) is 7.24. The molecule has 2 aliphatic heterocycles. The molecule has 0 unspecified atom stereocenters. The highest BCUT2D eigenvalue weighted by atomic mass is 16.8. The standard InChI is InChI=1S/C16H20O6/c1-16(2)21-11-12(14(17)18-3)20-15(13(11)22-16)19-9-10-7-5-4-6-8-10/h4-8,11-13,15H,9H2,1-3H3/t11-,12-,13-,15+/m0/s1. The van der Waals surface area contributed by atoms with Crippen molar-refractivity contribution in [3.8, 4) is 0 Å². The molecule has 0 bridgehead atoms. The molecule has 2 aliphatic rings. The summed E-state index contributed by atoms with van der Waals surface area (Å²) in [5.74, 6) is -1.26. The summed E-state index contributed by atoms with van der Waals surface area (Å²) >= 11 is 0. The minimum absolute atomic E-state index is 0.367. The molecule has 1 aromatic carbocycles. The summed E-state index contributed by atoms with van der Waals surface area (Å²) in [5, 5.41) is 0. The fourth-order valence-electron chi connectivity index (χ4n) is 2.75. The fraction of sp³-hybridized carbons (Fsp3) is 0.562. The van der Waals surface area contributed by atoms with Gasteiger partial charge in [0.1, 0.15) is 12.2 Å². The number of carbonyl (C=O) groups excluding carboxylic acids is 1. The van der Waals surface area contributed by atoms with Crippen LogP contribution in [0, 0.1) is 0 Å². The lowest BCUT2D eigenvalue weighted by molar-refractivity contribution is -0.238. The van der Waals surface area contributed by atoms with Crippen molar-refractivity contribution < 1.29 is 28.5 Å². The van der Waals surface area contributed by atoms with Gasteiger partial charge in [-0.2, -0.15) is 0 Å². The van der Waals surface area contributed by atoms with Gasteiger partial charge in [-0.15, -0.1) is 0 Å². The van der Waals surface area contributed by atoms with Crippen LogP contribution in [0.3, 0.4) is 0 Å². The third kappa shape index (κ3) is 3.01. The van der Waals surface area contributed by atoms with Crippen molar-refractivity contribution in [1.29, 1.82) is 0 Å². The minimum Gasteiger partial charge on any atom is -0.467 e. The second kappa shape index (κ2) is 5.96. The molecule has 0 amide bonds. The van der Waals surface area contributed by atoms with Gasteiger partial charge >= 0.3 is 5.97 Å². The van der Waals surface area contributed by atoms with E-state index in [2.05, 4.69) is 0 Å². The van der Waals surface area contributed by atoms with E-state index in [-0.39, 0.29) is 0 Å². The Morgan fingerprint density at radius 1 is 1.18 bits per heavy atom. The van der Waals surface area contributed by atoms with Crippen molar-refractivity contribution >= 4 is 5.97 Å². The van der Waals surface area contributed by atoms with Crippen LogP contribution in [-0.2, 0) is 35.1 Å². The molecular weight excluding hydrogens is 288 g/mol. The van der Waals surface area contributed by atoms with Gasteiger partial charge in [0.05, 0.1) is 13.7 Å². The maximum atomic E-state index is 11.8. The minimum atomic E-state index is -0.836. The lowest BCUT2D eigenvalue weighted by Gasteiger charge is -2.23. The van der Waals surface area contributed by atoms with E-state index in [4.69, 9.17) is 23.7 Å². The Bertz CT molecular complexity index is 529. The largest absolute Gasteiger partial charge is 0.467 e. The van der Waals surface area contributed by atoms with Gasteiger partial charge in [0.25, 0.3) is 0 Å². The third-order valence-electron chi connectivity index (χ3n) is 3.70. The van der Waals surface area contributed by atoms with Crippen LogP contribution in [0.2, 0.25) is 0 Å². The molecule has 2 heterocycles. The van der Waals surface area contributed by atoms with Crippen LogP contribution in [0.5, 0.6) is 0 Å². The second-order valence-electron chi connectivity index (χ2n) is 5.81.